The van der Waals surface area contributed by atoms with Gasteiger partial charge in [-0.05, 0) is 83.3 Å². The molecule has 1 saturated heterocycles. The van der Waals surface area contributed by atoms with Crippen LogP contribution in [-0.2, 0) is 9.59 Å². The number of rotatable bonds is 11. The van der Waals surface area contributed by atoms with E-state index < -0.39 is 0 Å². The highest BCUT2D eigenvalue weighted by atomic mass is 127. The first kappa shape index (κ1) is 29.0. The van der Waals surface area contributed by atoms with Crippen LogP contribution in [0.25, 0.3) is 6.08 Å². The summed E-state index contributed by atoms with van der Waals surface area (Å²) in [6.07, 6.45) is 5.56. The standard InChI is InChI=1S/C32H37IN4O2/c33-27-16-13-24(14-17-27)15-18-31(38)35-22-28-19-21-37(32(39)30(36-28)12-7-20-34)23-29(25-8-3-1-4-9-25)26-10-5-2-6-11-26/h1-6,8-11,13-18,28-30,36H,7,12,19-23,34H2,(H,35,38)/b18-15+/t28-,30-/m0/s1. The van der Waals surface area contributed by atoms with Crippen LogP contribution >= 0.6 is 22.6 Å². The maximum atomic E-state index is 13.7. The normalized spacial score (nSPS) is 17.9. The van der Waals surface area contributed by atoms with E-state index in [0.29, 0.717) is 32.6 Å². The van der Waals surface area contributed by atoms with E-state index in [9.17, 15) is 9.59 Å². The Kier molecular flexibility index (Phi) is 11.1. The van der Waals surface area contributed by atoms with Crippen LogP contribution in [0.3, 0.4) is 0 Å². The fraction of sp³-hybridized carbons (Fsp3) is 0.312. The Morgan fingerprint density at radius 1 is 1.03 bits per heavy atom. The number of carbonyl (C=O) groups excluding carboxylic acids is 2. The highest BCUT2D eigenvalue weighted by Gasteiger charge is 2.32. The summed E-state index contributed by atoms with van der Waals surface area (Å²) < 4.78 is 1.15. The van der Waals surface area contributed by atoms with Crippen LogP contribution in [-0.4, -0.2) is 55.0 Å². The molecule has 0 radical (unpaired) electrons. The van der Waals surface area contributed by atoms with Gasteiger partial charge in [0.25, 0.3) is 0 Å². The van der Waals surface area contributed by atoms with Crippen molar-refractivity contribution in [3.63, 3.8) is 0 Å². The molecule has 7 heteroatoms. The van der Waals surface area contributed by atoms with Crippen LogP contribution in [0.4, 0.5) is 0 Å². The highest BCUT2D eigenvalue weighted by molar-refractivity contribution is 14.1. The Morgan fingerprint density at radius 2 is 1.67 bits per heavy atom. The van der Waals surface area contributed by atoms with Crippen LogP contribution in [0.2, 0.25) is 0 Å². The van der Waals surface area contributed by atoms with E-state index in [1.54, 1.807) is 6.08 Å². The van der Waals surface area contributed by atoms with Gasteiger partial charge in [0, 0.05) is 41.2 Å². The van der Waals surface area contributed by atoms with Gasteiger partial charge in [-0.2, -0.15) is 0 Å². The van der Waals surface area contributed by atoms with Crippen molar-refractivity contribution < 1.29 is 9.59 Å². The van der Waals surface area contributed by atoms with Gasteiger partial charge >= 0.3 is 0 Å². The van der Waals surface area contributed by atoms with Crippen LogP contribution in [0.1, 0.15) is 41.9 Å². The number of carbonyl (C=O) groups is 2. The summed E-state index contributed by atoms with van der Waals surface area (Å²) in [5.74, 6) is 0.0383. The second-order valence-corrected chi connectivity index (χ2v) is 11.2. The molecule has 1 heterocycles. The molecule has 2 atom stereocenters. The summed E-state index contributed by atoms with van der Waals surface area (Å²) in [6.45, 7) is 2.22. The lowest BCUT2D eigenvalue weighted by molar-refractivity contribution is -0.133. The van der Waals surface area contributed by atoms with Gasteiger partial charge in [-0.3, -0.25) is 9.59 Å². The number of nitrogens with zero attached hydrogens (tertiary/aromatic N) is 1. The first-order valence-corrected chi connectivity index (χ1v) is 14.7. The number of nitrogens with one attached hydrogen (secondary N) is 2. The monoisotopic (exact) mass is 636 g/mol. The fourth-order valence-electron chi connectivity index (χ4n) is 4.98. The van der Waals surface area contributed by atoms with E-state index in [-0.39, 0.29) is 29.8 Å². The zero-order valence-corrected chi connectivity index (χ0v) is 24.3. The lowest BCUT2D eigenvalue weighted by atomic mass is 9.90. The van der Waals surface area contributed by atoms with Gasteiger partial charge in [0.1, 0.15) is 0 Å². The Bertz CT molecular complexity index is 1180. The van der Waals surface area contributed by atoms with Crippen molar-refractivity contribution in [1.82, 2.24) is 15.5 Å². The van der Waals surface area contributed by atoms with Gasteiger partial charge in [-0.25, -0.2) is 0 Å². The molecular weight excluding hydrogens is 599 g/mol. The molecule has 204 valence electrons. The van der Waals surface area contributed by atoms with Gasteiger partial charge in [-0.15, -0.1) is 0 Å². The molecule has 6 nitrogen and oxygen atoms in total. The maximum absolute atomic E-state index is 13.7. The Morgan fingerprint density at radius 3 is 2.28 bits per heavy atom. The van der Waals surface area contributed by atoms with Crippen molar-refractivity contribution >= 4 is 40.5 Å². The second-order valence-electron chi connectivity index (χ2n) is 9.92. The van der Waals surface area contributed by atoms with Crippen LogP contribution in [0.5, 0.6) is 0 Å². The Hall–Kier alpha value is -3.01. The van der Waals surface area contributed by atoms with E-state index in [2.05, 4.69) is 57.5 Å². The minimum atomic E-state index is -0.326. The molecule has 0 saturated carbocycles. The number of halogens is 1. The summed E-state index contributed by atoms with van der Waals surface area (Å²) in [4.78, 5) is 28.3. The van der Waals surface area contributed by atoms with Gasteiger partial charge in [-0.1, -0.05) is 72.8 Å². The van der Waals surface area contributed by atoms with E-state index >= 15 is 0 Å². The van der Waals surface area contributed by atoms with E-state index in [4.69, 9.17) is 5.73 Å². The molecule has 0 aromatic heterocycles. The molecule has 2 amide bonds. The van der Waals surface area contributed by atoms with Crippen molar-refractivity contribution in [1.29, 1.82) is 0 Å². The third-order valence-corrected chi connectivity index (χ3v) is 7.84. The van der Waals surface area contributed by atoms with E-state index in [0.717, 1.165) is 22.0 Å². The first-order chi connectivity index (χ1) is 19.0. The van der Waals surface area contributed by atoms with Crippen molar-refractivity contribution in [3.05, 3.63) is 111 Å². The third-order valence-electron chi connectivity index (χ3n) is 7.12. The molecule has 4 rings (SSSR count). The summed E-state index contributed by atoms with van der Waals surface area (Å²) in [5.41, 5.74) is 9.16. The lowest BCUT2D eigenvalue weighted by Gasteiger charge is -2.29. The average Bonchev–Trinajstić information content (AvgIpc) is 3.12. The molecule has 1 fully saturated rings. The number of benzene rings is 3. The molecule has 0 spiro atoms. The second kappa shape index (κ2) is 15.0. The molecule has 4 N–H and O–H groups in total. The smallest absolute Gasteiger partial charge is 0.244 e. The molecular formula is C32H37IN4O2. The fourth-order valence-corrected chi connectivity index (χ4v) is 5.33. The average molecular weight is 637 g/mol. The summed E-state index contributed by atoms with van der Waals surface area (Å²) in [7, 11) is 0. The zero-order valence-electron chi connectivity index (χ0n) is 22.1. The van der Waals surface area contributed by atoms with Crippen LogP contribution in [0, 0.1) is 3.57 Å². The molecule has 0 bridgehead atoms. The summed E-state index contributed by atoms with van der Waals surface area (Å²) in [6, 6.07) is 28.4. The summed E-state index contributed by atoms with van der Waals surface area (Å²) >= 11 is 2.26. The molecule has 3 aromatic carbocycles. The van der Waals surface area contributed by atoms with Crippen molar-refractivity contribution in [3.8, 4) is 0 Å². The number of amides is 2. The minimum absolute atomic E-state index is 0.00993. The predicted octanol–water partition coefficient (Wildman–Crippen LogP) is 4.55. The number of nitrogens with two attached hydrogens (primary N) is 1. The van der Waals surface area contributed by atoms with E-state index in [1.165, 1.54) is 11.1 Å². The lowest BCUT2D eigenvalue weighted by Crippen LogP contribution is -2.49. The first-order valence-electron chi connectivity index (χ1n) is 13.6. The topological polar surface area (TPSA) is 87.5 Å². The molecule has 0 unspecified atom stereocenters. The Labute approximate surface area is 245 Å². The Balaban J connectivity index is 1.44. The van der Waals surface area contributed by atoms with Crippen molar-refractivity contribution in [2.45, 2.75) is 37.3 Å². The van der Waals surface area contributed by atoms with Gasteiger partial charge in [0.05, 0.1) is 6.04 Å². The van der Waals surface area contributed by atoms with E-state index in [1.807, 2.05) is 71.6 Å². The minimum Gasteiger partial charge on any atom is -0.351 e. The van der Waals surface area contributed by atoms with Crippen LogP contribution in [0.15, 0.2) is 91.0 Å². The predicted molar refractivity (Wildman–Crippen MR) is 166 cm³/mol. The molecule has 1 aliphatic heterocycles. The number of hydrogen-bond donors (Lipinski definition) is 3. The van der Waals surface area contributed by atoms with Gasteiger partial charge in [0.15, 0.2) is 0 Å². The molecule has 1 aliphatic rings. The quantitative estimate of drug-likeness (QED) is 0.213. The third kappa shape index (κ3) is 8.74. The maximum Gasteiger partial charge on any atom is 0.244 e. The van der Waals surface area contributed by atoms with Crippen LogP contribution < -0.4 is 16.4 Å². The highest BCUT2D eigenvalue weighted by Crippen LogP contribution is 2.27. The molecule has 3 aromatic rings. The largest absolute Gasteiger partial charge is 0.351 e. The SMILES string of the molecule is NCCC[C@@H]1N[C@H](CNC(=O)/C=C/c2ccc(I)cc2)CCN(CC(c2ccccc2)c2ccccc2)C1=O. The molecule has 0 aliphatic carbocycles. The summed E-state index contributed by atoms with van der Waals surface area (Å²) in [5, 5.41) is 6.55. The van der Waals surface area contributed by atoms with Gasteiger partial charge < -0.3 is 21.3 Å². The van der Waals surface area contributed by atoms with Crippen molar-refractivity contribution in [2.24, 2.45) is 5.73 Å². The number of hydrogen-bond acceptors (Lipinski definition) is 4. The zero-order chi connectivity index (χ0) is 27.5. The van der Waals surface area contributed by atoms with Gasteiger partial charge in [0.2, 0.25) is 11.8 Å². The molecule has 39 heavy (non-hydrogen) atoms. The van der Waals surface area contributed by atoms with Crippen molar-refractivity contribution in [2.75, 3.05) is 26.2 Å².